The van der Waals surface area contributed by atoms with Crippen LogP contribution in [0.5, 0.6) is 5.75 Å². The molecule has 0 heterocycles. The number of rotatable bonds is 8. The maximum absolute atomic E-state index is 14.3. The lowest BCUT2D eigenvalue weighted by Gasteiger charge is -2.26. The monoisotopic (exact) mass is 429 g/mol. The topological polar surface area (TPSA) is 53.9 Å². The van der Waals surface area contributed by atoms with Crippen LogP contribution in [0.15, 0.2) is 41.4 Å². The number of hydrogen-bond donors (Lipinski definition) is 1. The number of nitrogens with one attached hydrogen (secondary N) is 1. The normalized spacial score (nSPS) is 17.4. The molecule has 1 amide bonds. The molecule has 2 aromatic carbocycles. The summed E-state index contributed by atoms with van der Waals surface area (Å²) in [6, 6.07) is 11.1. The van der Waals surface area contributed by atoms with Gasteiger partial charge in [-0.2, -0.15) is 0 Å². The van der Waals surface area contributed by atoms with Gasteiger partial charge in [-0.05, 0) is 61.4 Å². The molecule has 1 N–H and O–H groups in total. The molecule has 0 aliphatic heterocycles. The highest BCUT2D eigenvalue weighted by atomic mass is 35.5. The molecule has 0 spiro atoms. The average molecular weight is 430 g/mol. The third kappa shape index (κ3) is 4.15. The zero-order chi connectivity index (χ0) is 21.3. The number of carbonyl (C=O) groups excluding carboxylic acids is 1. The van der Waals surface area contributed by atoms with E-state index in [2.05, 4.69) is 10.3 Å². The number of benzene rings is 2. The third-order valence-corrected chi connectivity index (χ3v) is 5.99. The van der Waals surface area contributed by atoms with E-state index in [1.807, 2.05) is 24.3 Å². The first-order chi connectivity index (χ1) is 14.5. The van der Waals surface area contributed by atoms with E-state index in [-0.39, 0.29) is 6.54 Å². The van der Waals surface area contributed by atoms with Crippen molar-refractivity contribution in [1.29, 1.82) is 0 Å². The van der Waals surface area contributed by atoms with Crippen molar-refractivity contribution in [2.45, 2.75) is 37.3 Å². The molecule has 0 bridgehead atoms. The third-order valence-electron chi connectivity index (χ3n) is 5.67. The number of ether oxygens (including phenoxy) is 1. The summed E-state index contributed by atoms with van der Waals surface area (Å²) < 4.78 is 20.0. The van der Waals surface area contributed by atoms with Crippen LogP contribution in [0.3, 0.4) is 0 Å². The lowest BCUT2D eigenvalue weighted by Crippen LogP contribution is -2.33. The van der Waals surface area contributed by atoms with Crippen LogP contribution < -0.4 is 15.0 Å². The van der Waals surface area contributed by atoms with Gasteiger partial charge in [0.05, 0.1) is 35.6 Å². The fourth-order valence-electron chi connectivity index (χ4n) is 3.59. The Morgan fingerprint density at radius 2 is 2.07 bits per heavy atom. The Kier molecular flexibility index (Phi) is 5.69. The molecule has 158 valence electrons. The highest BCUT2D eigenvalue weighted by molar-refractivity contribution is 6.34. The summed E-state index contributed by atoms with van der Waals surface area (Å²) in [5, 5.41) is 3.59. The van der Waals surface area contributed by atoms with Crippen LogP contribution in [0.1, 0.15) is 42.7 Å². The molecule has 2 fully saturated rings. The number of para-hydroxylation sites is 1. The number of alkyl halides is 1. The smallest absolute Gasteiger partial charge is 0.218 e. The summed E-state index contributed by atoms with van der Waals surface area (Å²) in [7, 11) is 3.23. The van der Waals surface area contributed by atoms with E-state index in [0.717, 1.165) is 24.8 Å². The Morgan fingerprint density at radius 1 is 1.33 bits per heavy atom. The Bertz CT molecular complexity index is 986. The lowest BCUT2D eigenvalue weighted by atomic mass is 10.0. The van der Waals surface area contributed by atoms with E-state index in [1.54, 1.807) is 26.3 Å². The summed E-state index contributed by atoms with van der Waals surface area (Å²) in [6.07, 6.45) is 4.03. The van der Waals surface area contributed by atoms with Gasteiger partial charge in [-0.25, -0.2) is 4.39 Å². The highest BCUT2D eigenvalue weighted by Gasteiger charge is 2.43. The van der Waals surface area contributed by atoms with E-state index >= 15 is 0 Å². The first-order valence-corrected chi connectivity index (χ1v) is 10.5. The molecule has 0 saturated heterocycles. The van der Waals surface area contributed by atoms with Crippen LogP contribution >= 0.6 is 11.6 Å². The average Bonchev–Trinajstić information content (AvgIpc) is 3.68. The minimum absolute atomic E-state index is 0.166. The Hall–Kier alpha value is -2.60. The van der Waals surface area contributed by atoms with E-state index in [4.69, 9.17) is 16.3 Å². The van der Waals surface area contributed by atoms with Crippen LogP contribution in [0.2, 0.25) is 5.02 Å². The van der Waals surface area contributed by atoms with E-state index in [0.29, 0.717) is 52.3 Å². The number of methoxy groups -OCH3 is 1. The van der Waals surface area contributed by atoms with Gasteiger partial charge in [-0.1, -0.05) is 23.7 Å². The molecule has 4 rings (SSSR count). The zero-order valence-electron chi connectivity index (χ0n) is 17.1. The Morgan fingerprint density at radius 3 is 2.63 bits per heavy atom. The fourth-order valence-corrected chi connectivity index (χ4v) is 3.81. The second kappa shape index (κ2) is 8.26. The molecule has 0 radical (unpaired) electrons. The van der Waals surface area contributed by atoms with E-state index in [9.17, 15) is 9.18 Å². The van der Waals surface area contributed by atoms with E-state index in [1.165, 1.54) is 4.90 Å². The van der Waals surface area contributed by atoms with Gasteiger partial charge < -0.3 is 10.1 Å². The van der Waals surface area contributed by atoms with Crippen molar-refractivity contribution < 1.29 is 13.9 Å². The van der Waals surface area contributed by atoms with Gasteiger partial charge in [-0.3, -0.25) is 14.7 Å². The van der Waals surface area contributed by atoms with Crippen LogP contribution in [-0.2, 0) is 4.79 Å². The largest absolute Gasteiger partial charge is 0.496 e. The molecule has 2 aliphatic rings. The van der Waals surface area contributed by atoms with Crippen molar-refractivity contribution in [3.8, 4) is 5.75 Å². The van der Waals surface area contributed by atoms with Crippen molar-refractivity contribution >= 4 is 35.2 Å². The van der Waals surface area contributed by atoms with Crippen molar-refractivity contribution in [1.82, 2.24) is 5.32 Å². The second-order valence-corrected chi connectivity index (χ2v) is 8.30. The second-order valence-electron chi connectivity index (χ2n) is 7.90. The fraction of sp³-hybridized carbons (Fsp3) is 0.391. The van der Waals surface area contributed by atoms with Gasteiger partial charge in [0.15, 0.2) is 0 Å². The zero-order valence-corrected chi connectivity index (χ0v) is 17.9. The summed E-state index contributed by atoms with van der Waals surface area (Å²) in [5.74, 6) is 1.51. The summed E-state index contributed by atoms with van der Waals surface area (Å²) in [4.78, 5) is 18.1. The van der Waals surface area contributed by atoms with Gasteiger partial charge in [0, 0.05) is 7.05 Å². The first kappa shape index (κ1) is 20.7. The number of aliphatic imine (C=N–C) groups is 1. The molecule has 2 aliphatic carbocycles. The molecule has 7 heteroatoms. The minimum atomic E-state index is -1.19. The molecule has 30 heavy (non-hydrogen) atoms. The quantitative estimate of drug-likeness (QED) is 0.365. The molecule has 0 aromatic heterocycles. The van der Waals surface area contributed by atoms with Gasteiger partial charge in [-0.15, -0.1) is 0 Å². The molecule has 5 nitrogen and oxygen atoms in total. The molecule has 2 aromatic rings. The van der Waals surface area contributed by atoms with Crippen LogP contribution in [0.25, 0.3) is 0 Å². The van der Waals surface area contributed by atoms with Gasteiger partial charge in [0.1, 0.15) is 17.3 Å². The number of hydrogen-bond acceptors (Lipinski definition) is 3. The number of halogens is 2. The van der Waals surface area contributed by atoms with Crippen molar-refractivity contribution in [3.63, 3.8) is 0 Å². The minimum Gasteiger partial charge on any atom is -0.496 e. The number of anilines is 2. The molecule has 2 saturated carbocycles. The van der Waals surface area contributed by atoms with Crippen molar-refractivity contribution in [2.75, 3.05) is 25.6 Å². The predicted molar refractivity (Wildman–Crippen MR) is 118 cm³/mol. The van der Waals surface area contributed by atoms with Gasteiger partial charge in [0.25, 0.3) is 0 Å². The summed E-state index contributed by atoms with van der Waals surface area (Å²) in [5.41, 5.74) is 1.69. The van der Waals surface area contributed by atoms with Crippen molar-refractivity contribution in [3.05, 3.63) is 52.5 Å². The number of amides is 1. The van der Waals surface area contributed by atoms with Gasteiger partial charge >= 0.3 is 0 Å². The summed E-state index contributed by atoms with van der Waals surface area (Å²) in [6.45, 7) is 0.166. The van der Waals surface area contributed by atoms with Crippen LogP contribution in [0.4, 0.5) is 15.8 Å². The Balaban J connectivity index is 1.84. The molecular weight excluding hydrogens is 405 g/mol. The number of nitrogens with zero attached hydrogens (tertiary/aromatic N) is 2. The van der Waals surface area contributed by atoms with Gasteiger partial charge in [0.2, 0.25) is 6.41 Å². The van der Waals surface area contributed by atoms with Crippen molar-refractivity contribution in [2.24, 2.45) is 4.99 Å². The Labute approximate surface area is 180 Å². The lowest BCUT2D eigenvalue weighted by molar-refractivity contribution is -0.106. The molecular formula is C23H25ClFN3O2. The standard InChI is InChI=1S/C23H25ClFN3O2/c1-26-22(27-13-23(25)9-10-23)21-19(11-16(15-7-8-15)12-20(21)30-2)28(14-29)18-6-4-3-5-17(18)24/h3-6,11-12,14-15H,7-10,13H2,1-2H3,(H,26,27). The van der Waals surface area contributed by atoms with E-state index < -0.39 is 5.67 Å². The van der Waals surface area contributed by atoms with Crippen LogP contribution in [-0.4, -0.2) is 38.6 Å². The number of carbonyl (C=O) groups is 1. The maximum Gasteiger partial charge on any atom is 0.218 e. The predicted octanol–water partition coefficient (Wildman–Crippen LogP) is 4.99. The summed E-state index contributed by atoms with van der Waals surface area (Å²) >= 11 is 6.40. The first-order valence-electron chi connectivity index (χ1n) is 10.1. The maximum atomic E-state index is 14.3. The highest BCUT2D eigenvalue weighted by Crippen LogP contribution is 2.46. The van der Waals surface area contributed by atoms with Crippen LogP contribution in [0, 0.1) is 0 Å². The molecule has 0 unspecified atom stereocenters. The number of amidine groups is 1. The molecule has 0 atom stereocenters. The SMILES string of the molecule is C/N=C(/NCC1(F)CC1)c1c(OC)cc(C2CC2)cc1N(C=O)c1ccccc1Cl.